The molecule has 1 unspecified atom stereocenters. The van der Waals surface area contributed by atoms with Gasteiger partial charge in [0, 0.05) is 18.3 Å². The topological polar surface area (TPSA) is 69.7 Å². The molecule has 8 heteroatoms. The Morgan fingerprint density at radius 2 is 1.81 bits per heavy atom. The number of hydrogen-bond donors (Lipinski definition) is 1. The third-order valence-corrected chi connectivity index (χ3v) is 7.05. The number of anilines is 2. The lowest BCUT2D eigenvalue weighted by atomic mass is 9.80. The van der Waals surface area contributed by atoms with Crippen LogP contribution in [0.5, 0.6) is 0 Å². The maximum atomic E-state index is 13.2. The van der Waals surface area contributed by atoms with Crippen molar-refractivity contribution >= 4 is 58.5 Å². The minimum Gasteiger partial charge on any atom is -0.369 e. The molecule has 166 valence electrons. The van der Waals surface area contributed by atoms with Gasteiger partial charge in [-0.1, -0.05) is 42.3 Å². The third kappa shape index (κ3) is 3.67. The van der Waals surface area contributed by atoms with E-state index in [-0.39, 0.29) is 26.8 Å². The van der Waals surface area contributed by atoms with Gasteiger partial charge in [-0.25, -0.2) is 9.69 Å². The van der Waals surface area contributed by atoms with Crippen molar-refractivity contribution in [3.05, 3.63) is 63.1 Å². The van der Waals surface area contributed by atoms with Gasteiger partial charge in [0.15, 0.2) is 0 Å². The number of carbonyl (C=O) groups is 3. The Labute approximate surface area is 196 Å². The molecular weight excluding hydrogens is 449 g/mol. The van der Waals surface area contributed by atoms with Crippen molar-refractivity contribution in [2.45, 2.75) is 38.6 Å². The zero-order valence-electron chi connectivity index (χ0n) is 18.2. The van der Waals surface area contributed by atoms with Crippen LogP contribution in [-0.4, -0.2) is 30.4 Å². The van der Waals surface area contributed by atoms with Gasteiger partial charge >= 0.3 is 6.03 Å². The van der Waals surface area contributed by atoms with Crippen molar-refractivity contribution in [2.75, 3.05) is 16.8 Å². The SMILES string of the molecule is CC1CC(C)(C)N(C)c2ccc(/C=C3/C(=O)NC(=O)N(c4cccc(Cl)c4Cl)C3=O)cc21. The van der Waals surface area contributed by atoms with Gasteiger partial charge in [0.25, 0.3) is 11.8 Å². The van der Waals surface area contributed by atoms with Crippen molar-refractivity contribution in [3.8, 4) is 0 Å². The first-order valence-electron chi connectivity index (χ1n) is 10.2. The third-order valence-electron chi connectivity index (χ3n) is 6.24. The molecule has 0 aliphatic carbocycles. The molecule has 0 bridgehead atoms. The summed E-state index contributed by atoms with van der Waals surface area (Å²) < 4.78 is 0. The van der Waals surface area contributed by atoms with Gasteiger partial charge in [0.1, 0.15) is 5.57 Å². The number of nitrogens with zero attached hydrogens (tertiary/aromatic N) is 2. The molecular formula is C24H23Cl2N3O3. The average molecular weight is 472 g/mol. The fourth-order valence-electron chi connectivity index (χ4n) is 4.39. The summed E-state index contributed by atoms with van der Waals surface area (Å²) in [4.78, 5) is 41.2. The number of imide groups is 2. The number of nitrogens with one attached hydrogen (secondary N) is 1. The highest BCUT2D eigenvalue weighted by Gasteiger charge is 2.38. The molecule has 2 aliphatic rings. The number of rotatable bonds is 2. The van der Waals surface area contributed by atoms with Crippen molar-refractivity contribution in [1.29, 1.82) is 0 Å². The highest BCUT2D eigenvalue weighted by Crippen LogP contribution is 2.43. The molecule has 0 radical (unpaired) electrons. The van der Waals surface area contributed by atoms with Crippen LogP contribution in [-0.2, 0) is 9.59 Å². The maximum absolute atomic E-state index is 13.2. The fourth-order valence-corrected chi connectivity index (χ4v) is 4.77. The molecule has 2 aliphatic heterocycles. The van der Waals surface area contributed by atoms with Crippen molar-refractivity contribution < 1.29 is 14.4 Å². The molecule has 0 spiro atoms. The van der Waals surface area contributed by atoms with Crippen molar-refractivity contribution in [1.82, 2.24) is 5.32 Å². The normalized spacial score (nSPS) is 21.6. The number of barbiturate groups is 1. The number of urea groups is 1. The van der Waals surface area contributed by atoms with Gasteiger partial charge in [-0.2, -0.15) is 0 Å². The smallest absolute Gasteiger partial charge is 0.336 e. The van der Waals surface area contributed by atoms with E-state index < -0.39 is 17.8 Å². The van der Waals surface area contributed by atoms with Gasteiger partial charge in [-0.05, 0) is 67.7 Å². The molecule has 1 N–H and O–H groups in total. The molecule has 0 saturated carbocycles. The Morgan fingerprint density at radius 1 is 1.09 bits per heavy atom. The molecule has 2 aromatic carbocycles. The summed E-state index contributed by atoms with van der Waals surface area (Å²) in [6, 6.07) is 9.61. The molecule has 1 fully saturated rings. The lowest BCUT2D eigenvalue weighted by Crippen LogP contribution is -2.54. The summed E-state index contributed by atoms with van der Waals surface area (Å²) in [5.74, 6) is -1.20. The zero-order chi connectivity index (χ0) is 23.4. The second kappa shape index (κ2) is 7.94. The average Bonchev–Trinajstić information content (AvgIpc) is 2.72. The van der Waals surface area contributed by atoms with Crippen LogP contribution >= 0.6 is 23.2 Å². The molecule has 1 saturated heterocycles. The van der Waals surface area contributed by atoms with Crippen LogP contribution in [0.4, 0.5) is 16.2 Å². The molecule has 4 rings (SSSR count). The summed E-state index contributed by atoms with van der Waals surface area (Å²) in [6.07, 6.45) is 2.48. The van der Waals surface area contributed by atoms with E-state index in [9.17, 15) is 14.4 Å². The minimum atomic E-state index is -0.871. The zero-order valence-corrected chi connectivity index (χ0v) is 19.7. The van der Waals surface area contributed by atoms with Gasteiger partial charge < -0.3 is 4.90 Å². The lowest BCUT2D eigenvalue weighted by molar-refractivity contribution is -0.122. The summed E-state index contributed by atoms with van der Waals surface area (Å²) in [5, 5.41) is 2.47. The summed E-state index contributed by atoms with van der Waals surface area (Å²) in [7, 11) is 2.07. The van der Waals surface area contributed by atoms with E-state index in [0.29, 0.717) is 11.5 Å². The Kier molecular flexibility index (Phi) is 5.55. The number of benzene rings is 2. The largest absolute Gasteiger partial charge is 0.369 e. The quantitative estimate of drug-likeness (QED) is 0.471. The highest BCUT2D eigenvalue weighted by molar-refractivity contribution is 6.46. The number of fused-ring (bicyclic) bond motifs is 1. The van der Waals surface area contributed by atoms with E-state index in [1.807, 2.05) is 18.2 Å². The van der Waals surface area contributed by atoms with E-state index >= 15 is 0 Å². The number of carbonyl (C=O) groups excluding carboxylic acids is 3. The second-order valence-electron chi connectivity index (χ2n) is 8.83. The van der Waals surface area contributed by atoms with Crippen molar-refractivity contribution in [3.63, 3.8) is 0 Å². The van der Waals surface area contributed by atoms with Crippen LogP contribution in [0, 0.1) is 0 Å². The van der Waals surface area contributed by atoms with Gasteiger partial charge in [-0.3, -0.25) is 14.9 Å². The van der Waals surface area contributed by atoms with Gasteiger partial charge in [0.2, 0.25) is 0 Å². The fraction of sp³-hybridized carbons (Fsp3) is 0.292. The van der Waals surface area contributed by atoms with Crippen LogP contribution in [0.1, 0.15) is 44.2 Å². The minimum absolute atomic E-state index is 0.0305. The molecule has 2 aromatic rings. The highest BCUT2D eigenvalue weighted by atomic mass is 35.5. The van der Waals surface area contributed by atoms with Gasteiger partial charge in [-0.15, -0.1) is 0 Å². The summed E-state index contributed by atoms with van der Waals surface area (Å²) >= 11 is 12.3. The molecule has 6 nitrogen and oxygen atoms in total. The summed E-state index contributed by atoms with van der Waals surface area (Å²) in [5.41, 5.74) is 2.96. The standard InChI is InChI=1S/C24H23Cl2N3O3/c1-13-12-24(2,3)28(4)18-9-8-14(10-15(13)18)11-16-21(30)27-23(32)29(22(16)31)19-7-5-6-17(25)20(19)26/h5-11,13H,12H2,1-4H3,(H,27,30,32)/b16-11-. The van der Waals surface area contributed by atoms with Gasteiger partial charge in [0.05, 0.1) is 15.7 Å². The molecule has 0 aromatic heterocycles. The molecule has 4 amide bonds. The van der Waals surface area contributed by atoms with Crippen molar-refractivity contribution in [2.24, 2.45) is 0 Å². The first kappa shape index (κ1) is 22.4. The van der Waals surface area contributed by atoms with Crippen LogP contribution in [0.3, 0.4) is 0 Å². The Balaban J connectivity index is 1.75. The maximum Gasteiger partial charge on any atom is 0.336 e. The second-order valence-corrected chi connectivity index (χ2v) is 9.61. The number of halogens is 2. The number of amides is 4. The van der Waals surface area contributed by atoms with E-state index in [2.05, 4.69) is 38.0 Å². The Hall–Kier alpha value is -2.83. The first-order chi connectivity index (χ1) is 15.0. The molecule has 32 heavy (non-hydrogen) atoms. The van der Waals surface area contributed by atoms with E-state index in [4.69, 9.17) is 23.2 Å². The summed E-state index contributed by atoms with van der Waals surface area (Å²) in [6.45, 7) is 6.59. The van der Waals surface area contributed by atoms with E-state index in [1.165, 1.54) is 12.1 Å². The molecule has 1 atom stereocenters. The predicted molar refractivity (Wildman–Crippen MR) is 127 cm³/mol. The Morgan fingerprint density at radius 3 is 2.53 bits per heavy atom. The molecule has 2 heterocycles. The van der Waals surface area contributed by atoms with Crippen LogP contribution in [0.25, 0.3) is 6.08 Å². The lowest BCUT2D eigenvalue weighted by Gasteiger charge is -2.45. The van der Waals surface area contributed by atoms with Crippen LogP contribution in [0.2, 0.25) is 10.0 Å². The monoisotopic (exact) mass is 471 g/mol. The predicted octanol–water partition coefficient (Wildman–Crippen LogP) is 5.38. The number of hydrogen-bond acceptors (Lipinski definition) is 4. The van der Waals surface area contributed by atoms with Crippen LogP contribution < -0.4 is 15.1 Å². The van der Waals surface area contributed by atoms with E-state index in [1.54, 1.807) is 12.1 Å². The van der Waals surface area contributed by atoms with E-state index in [0.717, 1.165) is 22.6 Å². The Bertz CT molecular complexity index is 1190. The first-order valence-corrected chi connectivity index (χ1v) is 11.0. The van der Waals surface area contributed by atoms with Crippen LogP contribution in [0.15, 0.2) is 42.0 Å².